The Morgan fingerprint density at radius 3 is 2.50 bits per heavy atom. The van der Waals surface area contributed by atoms with Gasteiger partial charge in [0.05, 0.1) is 0 Å². The van der Waals surface area contributed by atoms with E-state index in [1.165, 1.54) is 17.0 Å². The fourth-order valence-corrected chi connectivity index (χ4v) is 2.37. The Morgan fingerprint density at radius 1 is 1.19 bits per heavy atom. The number of anilines is 1. The van der Waals surface area contributed by atoms with Gasteiger partial charge < -0.3 is 5.32 Å². The van der Waals surface area contributed by atoms with Gasteiger partial charge in [-0.25, -0.2) is 0 Å². The van der Waals surface area contributed by atoms with Gasteiger partial charge in [-0.3, -0.25) is 0 Å². The first kappa shape index (κ1) is 13.4. The molecule has 1 unspecified atom stereocenters. The molecule has 16 heavy (non-hydrogen) atoms. The first-order chi connectivity index (χ1) is 7.61. The lowest BCUT2D eigenvalue weighted by atomic mass is 10.2. The molecule has 0 heterocycles. The Morgan fingerprint density at radius 2 is 1.88 bits per heavy atom. The molecule has 0 aliphatic heterocycles. The second-order valence-corrected chi connectivity index (χ2v) is 6.05. The number of thioether (sulfide) groups is 1. The molecular weight excluding hydrogens is 214 g/mol. The van der Waals surface area contributed by atoms with Gasteiger partial charge >= 0.3 is 0 Å². The number of benzene rings is 1. The Bertz CT molecular complexity index is 309. The molecule has 1 aromatic rings. The van der Waals surface area contributed by atoms with Gasteiger partial charge in [-0.15, -0.1) is 0 Å². The van der Waals surface area contributed by atoms with Crippen LogP contribution in [-0.4, -0.2) is 17.5 Å². The van der Waals surface area contributed by atoms with Crippen molar-refractivity contribution < 1.29 is 0 Å². The number of para-hydroxylation sites is 1. The molecule has 0 aromatic heterocycles. The SMILES string of the molecule is Cc1ccccc1NCCSC(C)C(C)C. The molecule has 1 N–H and O–H groups in total. The van der Waals surface area contributed by atoms with E-state index in [-0.39, 0.29) is 0 Å². The van der Waals surface area contributed by atoms with E-state index >= 15 is 0 Å². The normalized spacial score (nSPS) is 12.8. The largest absolute Gasteiger partial charge is 0.384 e. The second kappa shape index (κ2) is 6.85. The lowest BCUT2D eigenvalue weighted by Crippen LogP contribution is -2.11. The van der Waals surface area contributed by atoms with Gasteiger partial charge in [0.25, 0.3) is 0 Å². The van der Waals surface area contributed by atoms with Crippen LogP contribution in [0.2, 0.25) is 0 Å². The highest BCUT2D eigenvalue weighted by Gasteiger charge is 2.06. The predicted octanol–water partition coefficient (Wildman–Crippen LogP) is 4.18. The van der Waals surface area contributed by atoms with Crippen LogP contribution in [-0.2, 0) is 0 Å². The van der Waals surface area contributed by atoms with Gasteiger partial charge in [-0.2, -0.15) is 11.8 Å². The molecule has 0 fully saturated rings. The number of nitrogens with one attached hydrogen (secondary N) is 1. The van der Waals surface area contributed by atoms with Crippen molar-refractivity contribution in [3.8, 4) is 0 Å². The monoisotopic (exact) mass is 237 g/mol. The molecule has 1 aromatic carbocycles. The molecule has 0 aliphatic rings. The van der Waals surface area contributed by atoms with Crippen molar-refractivity contribution in [2.45, 2.75) is 32.9 Å². The third-order valence-corrected chi connectivity index (χ3v) is 4.39. The zero-order valence-electron chi connectivity index (χ0n) is 10.8. The van der Waals surface area contributed by atoms with E-state index in [1.54, 1.807) is 0 Å². The molecule has 0 amide bonds. The Hall–Kier alpha value is -0.630. The first-order valence-electron chi connectivity index (χ1n) is 6.02. The number of rotatable bonds is 6. The van der Waals surface area contributed by atoms with Crippen LogP contribution in [0.25, 0.3) is 0 Å². The Labute approximate surface area is 104 Å². The van der Waals surface area contributed by atoms with Crippen LogP contribution in [0.15, 0.2) is 24.3 Å². The Balaban J connectivity index is 2.24. The zero-order chi connectivity index (χ0) is 12.0. The van der Waals surface area contributed by atoms with E-state index in [4.69, 9.17) is 0 Å². The molecule has 0 spiro atoms. The maximum absolute atomic E-state index is 3.49. The van der Waals surface area contributed by atoms with Crippen LogP contribution in [0.1, 0.15) is 26.3 Å². The third-order valence-electron chi connectivity index (χ3n) is 2.88. The summed E-state index contributed by atoms with van der Waals surface area (Å²) in [6.07, 6.45) is 0. The summed E-state index contributed by atoms with van der Waals surface area (Å²) in [5.41, 5.74) is 2.59. The van der Waals surface area contributed by atoms with Crippen molar-refractivity contribution in [1.29, 1.82) is 0 Å². The summed E-state index contributed by atoms with van der Waals surface area (Å²) < 4.78 is 0. The summed E-state index contributed by atoms with van der Waals surface area (Å²) in [6, 6.07) is 8.45. The van der Waals surface area contributed by atoms with Gasteiger partial charge in [0.2, 0.25) is 0 Å². The van der Waals surface area contributed by atoms with E-state index in [0.717, 1.165) is 17.7 Å². The average molecular weight is 237 g/mol. The molecule has 0 saturated carbocycles. The summed E-state index contributed by atoms with van der Waals surface area (Å²) in [4.78, 5) is 0. The van der Waals surface area contributed by atoms with Gasteiger partial charge in [0, 0.05) is 23.2 Å². The minimum atomic E-state index is 0.749. The first-order valence-corrected chi connectivity index (χ1v) is 7.07. The van der Waals surface area contributed by atoms with E-state index in [9.17, 15) is 0 Å². The minimum Gasteiger partial charge on any atom is -0.384 e. The van der Waals surface area contributed by atoms with Crippen molar-refractivity contribution >= 4 is 17.4 Å². The van der Waals surface area contributed by atoms with Crippen molar-refractivity contribution in [3.63, 3.8) is 0 Å². The van der Waals surface area contributed by atoms with Gasteiger partial charge in [0.15, 0.2) is 0 Å². The summed E-state index contributed by atoms with van der Waals surface area (Å²) in [7, 11) is 0. The third kappa shape index (κ3) is 4.48. The minimum absolute atomic E-state index is 0.749. The highest BCUT2D eigenvalue weighted by molar-refractivity contribution is 7.99. The molecule has 0 saturated heterocycles. The summed E-state index contributed by atoms with van der Waals surface area (Å²) in [5.74, 6) is 1.94. The number of hydrogen-bond acceptors (Lipinski definition) is 2. The topological polar surface area (TPSA) is 12.0 Å². The van der Waals surface area contributed by atoms with Crippen LogP contribution in [0, 0.1) is 12.8 Å². The quantitative estimate of drug-likeness (QED) is 0.745. The van der Waals surface area contributed by atoms with Crippen molar-refractivity contribution in [3.05, 3.63) is 29.8 Å². The number of aryl methyl sites for hydroxylation is 1. The average Bonchev–Trinajstić information content (AvgIpc) is 2.26. The van der Waals surface area contributed by atoms with Crippen LogP contribution in [0.5, 0.6) is 0 Å². The lowest BCUT2D eigenvalue weighted by Gasteiger charge is -2.15. The molecule has 0 radical (unpaired) electrons. The maximum Gasteiger partial charge on any atom is 0.0370 e. The molecular formula is C14H23NS. The van der Waals surface area contributed by atoms with Crippen molar-refractivity contribution in [1.82, 2.24) is 0 Å². The number of hydrogen-bond donors (Lipinski definition) is 1. The molecule has 1 atom stereocenters. The zero-order valence-corrected chi connectivity index (χ0v) is 11.6. The highest BCUT2D eigenvalue weighted by Crippen LogP contribution is 2.19. The van der Waals surface area contributed by atoms with E-state index in [2.05, 4.69) is 57.3 Å². The van der Waals surface area contributed by atoms with Crippen molar-refractivity contribution in [2.75, 3.05) is 17.6 Å². The molecule has 2 heteroatoms. The second-order valence-electron chi connectivity index (χ2n) is 4.56. The maximum atomic E-state index is 3.49. The van der Waals surface area contributed by atoms with E-state index in [1.807, 2.05) is 11.8 Å². The Kier molecular flexibility index (Phi) is 5.75. The molecule has 90 valence electrons. The summed E-state index contributed by atoms with van der Waals surface area (Å²) in [6.45, 7) is 10.1. The smallest absolute Gasteiger partial charge is 0.0370 e. The predicted molar refractivity (Wildman–Crippen MR) is 76.4 cm³/mol. The highest BCUT2D eigenvalue weighted by atomic mass is 32.2. The molecule has 0 aliphatic carbocycles. The van der Waals surface area contributed by atoms with Gasteiger partial charge in [-0.1, -0.05) is 39.0 Å². The molecule has 1 nitrogen and oxygen atoms in total. The van der Waals surface area contributed by atoms with E-state index < -0.39 is 0 Å². The van der Waals surface area contributed by atoms with Crippen LogP contribution >= 0.6 is 11.8 Å². The molecule has 1 rings (SSSR count). The van der Waals surface area contributed by atoms with Gasteiger partial charge in [-0.05, 0) is 24.5 Å². The lowest BCUT2D eigenvalue weighted by molar-refractivity contribution is 0.642. The summed E-state index contributed by atoms with van der Waals surface area (Å²) in [5, 5.41) is 4.24. The van der Waals surface area contributed by atoms with Crippen molar-refractivity contribution in [2.24, 2.45) is 5.92 Å². The fourth-order valence-electron chi connectivity index (χ4n) is 1.39. The molecule has 0 bridgehead atoms. The fraction of sp³-hybridized carbons (Fsp3) is 0.571. The van der Waals surface area contributed by atoms with E-state index in [0.29, 0.717) is 0 Å². The standard InChI is InChI=1S/C14H23NS/c1-11(2)13(4)16-10-9-15-14-8-6-5-7-12(14)3/h5-8,11,13,15H,9-10H2,1-4H3. The van der Waals surface area contributed by atoms with Crippen LogP contribution in [0.3, 0.4) is 0 Å². The summed E-state index contributed by atoms with van der Waals surface area (Å²) >= 11 is 2.05. The van der Waals surface area contributed by atoms with Gasteiger partial charge in [0.1, 0.15) is 0 Å². The van der Waals surface area contributed by atoms with Crippen LogP contribution < -0.4 is 5.32 Å². The van der Waals surface area contributed by atoms with Crippen LogP contribution in [0.4, 0.5) is 5.69 Å².